The largest absolute Gasteiger partial charge is 0.481 e. The van der Waals surface area contributed by atoms with Gasteiger partial charge in [-0.2, -0.15) is 5.26 Å². The molecule has 0 saturated carbocycles. The predicted octanol–water partition coefficient (Wildman–Crippen LogP) is 3.16. The second-order valence-electron chi connectivity index (χ2n) is 10.6. The number of carboxylic acid groups (broad SMARTS) is 1. The van der Waals surface area contributed by atoms with Gasteiger partial charge in [0, 0.05) is 35.7 Å². The molecule has 0 spiro atoms. The molecule has 1 aromatic carbocycles. The van der Waals surface area contributed by atoms with E-state index in [-0.39, 0.29) is 18.4 Å². The van der Waals surface area contributed by atoms with Crippen molar-refractivity contribution in [3.63, 3.8) is 0 Å². The van der Waals surface area contributed by atoms with Crippen LogP contribution in [0.5, 0.6) is 0 Å². The van der Waals surface area contributed by atoms with Gasteiger partial charge in [-0.15, -0.1) is 5.10 Å². The summed E-state index contributed by atoms with van der Waals surface area (Å²) in [7, 11) is 0. The number of carbonyl (C=O) groups is 2. The van der Waals surface area contributed by atoms with Crippen LogP contribution in [0.4, 0.5) is 5.95 Å². The molecule has 0 radical (unpaired) electrons. The lowest BCUT2D eigenvalue weighted by Crippen LogP contribution is -2.32. The van der Waals surface area contributed by atoms with E-state index in [0.717, 1.165) is 17.7 Å². The zero-order chi connectivity index (χ0) is 29.0. The van der Waals surface area contributed by atoms with E-state index in [1.807, 2.05) is 38.1 Å². The summed E-state index contributed by atoms with van der Waals surface area (Å²) in [5.74, 6) is -0.485. The highest BCUT2D eigenvalue weighted by Crippen LogP contribution is 2.27. The molecule has 0 aliphatic carbocycles. The van der Waals surface area contributed by atoms with E-state index in [1.54, 1.807) is 35.1 Å². The van der Waals surface area contributed by atoms with Crippen molar-refractivity contribution in [3.05, 3.63) is 71.7 Å². The van der Waals surface area contributed by atoms with Crippen LogP contribution < -0.4 is 10.6 Å². The lowest BCUT2D eigenvalue weighted by Gasteiger charge is -2.22. The molecule has 4 heterocycles. The highest BCUT2D eigenvalue weighted by Gasteiger charge is 2.26. The molecule has 3 aromatic heterocycles. The first-order valence-electron chi connectivity index (χ1n) is 13.2. The molecule has 1 amide bonds. The van der Waals surface area contributed by atoms with E-state index in [4.69, 9.17) is 0 Å². The summed E-state index contributed by atoms with van der Waals surface area (Å²) in [6.07, 6.45) is 2.96. The molecule has 1 saturated heterocycles. The number of carboxylic acids is 1. The van der Waals surface area contributed by atoms with Crippen LogP contribution in [0.3, 0.4) is 0 Å². The molecule has 208 valence electrons. The third-order valence-electron chi connectivity index (χ3n) is 6.82. The number of hydrogen-bond donors (Lipinski definition) is 3. The monoisotopic (exact) mass is 551 g/mol. The van der Waals surface area contributed by atoms with Crippen molar-refractivity contribution < 1.29 is 14.7 Å². The van der Waals surface area contributed by atoms with Crippen LogP contribution >= 0.6 is 0 Å². The van der Waals surface area contributed by atoms with Crippen LogP contribution in [0.25, 0.3) is 22.6 Å². The average molecular weight is 552 g/mol. The van der Waals surface area contributed by atoms with Gasteiger partial charge in [-0.1, -0.05) is 37.3 Å². The molecular weight excluding hydrogens is 522 g/mol. The van der Waals surface area contributed by atoms with Gasteiger partial charge in [-0.05, 0) is 36.8 Å². The van der Waals surface area contributed by atoms with Crippen molar-refractivity contribution in [2.45, 2.75) is 51.1 Å². The topological polar surface area (TPSA) is 172 Å². The van der Waals surface area contributed by atoms with E-state index in [0.29, 0.717) is 53.8 Å². The van der Waals surface area contributed by atoms with E-state index in [9.17, 15) is 20.0 Å². The Kier molecular flexibility index (Phi) is 7.69. The fourth-order valence-electron chi connectivity index (χ4n) is 4.67. The Morgan fingerprint density at radius 1 is 1.15 bits per heavy atom. The lowest BCUT2D eigenvalue weighted by atomic mass is 9.85. The van der Waals surface area contributed by atoms with Crippen molar-refractivity contribution in [1.29, 1.82) is 5.26 Å². The van der Waals surface area contributed by atoms with E-state index in [2.05, 4.69) is 42.0 Å². The molecule has 41 heavy (non-hydrogen) atoms. The standard InChI is InChI=1S/C29H29N9O3/c1-29(2,13-27(40)41)25-8-4-7-21(32-25)16-38-17-24(36-37-38)23-12-22(19-6-3-5-18(11-19)14-30)34-28(35-23)31-15-20-9-10-26(39)33-20/h3-8,11-12,17,20H,9-10,13,15-16H2,1-2H3,(H,33,39)(H,40,41)(H,31,34,35). The summed E-state index contributed by atoms with van der Waals surface area (Å²) in [5, 5.41) is 33.4. The van der Waals surface area contributed by atoms with Crippen LogP contribution in [-0.4, -0.2) is 59.5 Å². The summed E-state index contributed by atoms with van der Waals surface area (Å²) in [6.45, 7) is 4.51. The summed E-state index contributed by atoms with van der Waals surface area (Å²) in [4.78, 5) is 36.9. The van der Waals surface area contributed by atoms with Gasteiger partial charge < -0.3 is 15.7 Å². The van der Waals surface area contributed by atoms with Gasteiger partial charge in [0.05, 0.1) is 47.9 Å². The van der Waals surface area contributed by atoms with Crippen LogP contribution in [0.15, 0.2) is 54.7 Å². The van der Waals surface area contributed by atoms with Gasteiger partial charge in [0.25, 0.3) is 0 Å². The molecule has 5 rings (SSSR count). The molecule has 3 N–H and O–H groups in total. The molecule has 12 nitrogen and oxygen atoms in total. The predicted molar refractivity (Wildman–Crippen MR) is 149 cm³/mol. The zero-order valence-electron chi connectivity index (χ0n) is 22.7. The maximum absolute atomic E-state index is 11.6. The van der Waals surface area contributed by atoms with Gasteiger partial charge in [0.15, 0.2) is 0 Å². The van der Waals surface area contributed by atoms with Crippen LogP contribution in [0.1, 0.15) is 50.1 Å². The van der Waals surface area contributed by atoms with Gasteiger partial charge >= 0.3 is 5.97 Å². The maximum Gasteiger partial charge on any atom is 0.304 e. The number of carbonyl (C=O) groups excluding carboxylic acids is 1. The Morgan fingerprint density at radius 2 is 1.95 bits per heavy atom. The summed E-state index contributed by atoms with van der Waals surface area (Å²) in [5.41, 5.74) is 3.70. The van der Waals surface area contributed by atoms with E-state index in [1.165, 1.54) is 0 Å². The number of hydrogen-bond acceptors (Lipinski definition) is 9. The number of nitrogens with zero attached hydrogens (tertiary/aromatic N) is 7. The Hall–Kier alpha value is -5.18. The molecule has 1 fully saturated rings. The quantitative estimate of drug-likeness (QED) is 0.266. The second-order valence-corrected chi connectivity index (χ2v) is 10.6. The number of amides is 1. The van der Waals surface area contributed by atoms with E-state index >= 15 is 0 Å². The highest BCUT2D eigenvalue weighted by atomic mass is 16.4. The van der Waals surface area contributed by atoms with Crippen molar-refractivity contribution in [1.82, 2.24) is 35.3 Å². The maximum atomic E-state index is 11.6. The number of nitriles is 1. The normalized spacial score (nSPS) is 14.9. The third-order valence-corrected chi connectivity index (χ3v) is 6.82. The molecule has 1 aliphatic rings. The van der Waals surface area contributed by atoms with Gasteiger partial charge in [-0.25, -0.2) is 14.6 Å². The van der Waals surface area contributed by atoms with Crippen molar-refractivity contribution in [2.75, 3.05) is 11.9 Å². The van der Waals surface area contributed by atoms with Gasteiger partial charge in [-0.3, -0.25) is 14.6 Å². The van der Waals surface area contributed by atoms with Crippen LogP contribution in [-0.2, 0) is 21.5 Å². The first kappa shape index (κ1) is 27.4. The fourth-order valence-corrected chi connectivity index (χ4v) is 4.67. The summed E-state index contributed by atoms with van der Waals surface area (Å²) < 4.78 is 1.64. The Morgan fingerprint density at radius 3 is 2.71 bits per heavy atom. The molecule has 0 bridgehead atoms. The van der Waals surface area contributed by atoms with Gasteiger partial charge in [0.1, 0.15) is 5.69 Å². The summed E-state index contributed by atoms with van der Waals surface area (Å²) in [6, 6.07) is 16.6. The average Bonchev–Trinajstić information content (AvgIpc) is 3.60. The van der Waals surface area contributed by atoms with Crippen molar-refractivity contribution >= 4 is 17.8 Å². The van der Waals surface area contributed by atoms with Crippen molar-refractivity contribution in [3.8, 4) is 28.7 Å². The first-order chi connectivity index (χ1) is 19.7. The van der Waals surface area contributed by atoms with Crippen LogP contribution in [0, 0.1) is 11.3 Å². The Labute approximate surface area is 236 Å². The molecule has 4 aromatic rings. The Balaban J connectivity index is 1.41. The number of benzene rings is 1. The Bertz CT molecular complexity index is 1640. The number of rotatable bonds is 10. The second kappa shape index (κ2) is 11.5. The summed E-state index contributed by atoms with van der Waals surface area (Å²) >= 11 is 0. The SMILES string of the molecule is CC(C)(CC(=O)O)c1cccc(Cn2cc(-c3cc(-c4cccc(C#N)c4)nc(NCC4CCC(=O)N4)n3)nn2)n1. The van der Waals surface area contributed by atoms with Crippen LogP contribution in [0.2, 0.25) is 0 Å². The lowest BCUT2D eigenvalue weighted by molar-refractivity contribution is -0.138. The van der Waals surface area contributed by atoms with E-state index < -0.39 is 11.4 Å². The minimum absolute atomic E-state index is 0.00950. The molecule has 1 unspecified atom stereocenters. The number of aromatic nitrogens is 6. The minimum atomic E-state index is -0.881. The molecule has 1 aliphatic heterocycles. The van der Waals surface area contributed by atoms with Gasteiger partial charge in [0.2, 0.25) is 11.9 Å². The molecular formula is C29H29N9O3. The van der Waals surface area contributed by atoms with Crippen molar-refractivity contribution in [2.24, 2.45) is 0 Å². The smallest absolute Gasteiger partial charge is 0.304 e. The third kappa shape index (κ3) is 6.70. The first-order valence-corrected chi connectivity index (χ1v) is 13.2. The minimum Gasteiger partial charge on any atom is -0.481 e. The number of pyridine rings is 1. The number of aliphatic carboxylic acids is 1. The highest BCUT2D eigenvalue weighted by molar-refractivity contribution is 5.78. The number of nitrogens with one attached hydrogen (secondary N) is 2. The number of anilines is 1. The fraction of sp³-hybridized carbons (Fsp3) is 0.310. The molecule has 1 atom stereocenters. The molecule has 12 heteroatoms. The zero-order valence-corrected chi connectivity index (χ0v) is 22.7.